The number of carbonyl (C=O) groups is 1. The fourth-order valence-corrected chi connectivity index (χ4v) is 1.59. The number of aromatic amines is 1. The zero-order chi connectivity index (χ0) is 13.7. The van der Waals surface area contributed by atoms with Gasteiger partial charge in [-0.15, -0.1) is 10.2 Å². The number of amides is 1. The quantitative estimate of drug-likeness (QED) is 0.712. The number of tetrazole rings is 1. The first-order valence-corrected chi connectivity index (χ1v) is 5.91. The standard InChI is InChI=1S/C11H15N7O/c1-3-12-9-4-7(2)13-5-8(9)11(19)14-6-10-15-17-18-16-10/h4-5H,3,6H2,1-2H3,(H,12,13)(H,14,19)(H,15,16,17,18). The molecule has 0 aliphatic heterocycles. The minimum Gasteiger partial charge on any atom is -0.385 e. The first kappa shape index (κ1) is 12.9. The summed E-state index contributed by atoms with van der Waals surface area (Å²) in [6.07, 6.45) is 1.55. The molecule has 0 aromatic carbocycles. The molecular weight excluding hydrogens is 246 g/mol. The van der Waals surface area contributed by atoms with Crippen LogP contribution in [0.2, 0.25) is 0 Å². The van der Waals surface area contributed by atoms with E-state index in [1.165, 1.54) is 0 Å². The smallest absolute Gasteiger partial charge is 0.255 e. The lowest BCUT2D eigenvalue weighted by molar-refractivity contribution is 0.0950. The Morgan fingerprint density at radius 2 is 2.32 bits per heavy atom. The van der Waals surface area contributed by atoms with E-state index < -0.39 is 0 Å². The molecule has 0 fully saturated rings. The van der Waals surface area contributed by atoms with Crippen molar-refractivity contribution in [1.29, 1.82) is 0 Å². The number of aryl methyl sites for hydroxylation is 1. The molecule has 2 aromatic rings. The van der Waals surface area contributed by atoms with Crippen molar-refractivity contribution in [3.05, 3.63) is 29.3 Å². The number of pyridine rings is 1. The number of anilines is 1. The van der Waals surface area contributed by atoms with Gasteiger partial charge in [0.2, 0.25) is 0 Å². The second-order valence-electron chi connectivity index (χ2n) is 3.91. The highest BCUT2D eigenvalue weighted by Crippen LogP contribution is 2.15. The van der Waals surface area contributed by atoms with Crippen LogP contribution >= 0.6 is 0 Å². The van der Waals surface area contributed by atoms with E-state index in [0.29, 0.717) is 11.4 Å². The fraction of sp³-hybridized carbons (Fsp3) is 0.364. The Labute approximate surface area is 110 Å². The molecule has 2 aromatic heterocycles. The summed E-state index contributed by atoms with van der Waals surface area (Å²) in [5, 5.41) is 19.1. The molecule has 0 saturated carbocycles. The van der Waals surface area contributed by atoms with Crippen LogP contribution in [0.4, 0.5) is 5.69 Å². The van der Waals surface area contributed by atoms with Gasteiger partial charge < -0.3 is 10.6 Å². The van der Waals surface area contributed by atoms with Crippen LogP contribution in [-0.2, 0) is 6.54 Å². The highest BCUT2D eigenvalue weighted by molar-refractivity contribution is 5.99. The van der Waals surface area contributed by atoms with Crippen LogP contribution in [0.15, 0.2) is 12.3 Å². The number of nitrogens with one attached hydrogen (secondary N) is 3. The van der Waals surface area contributed by atoms with Crippen LogP contribution in [0, 0.1) is 6.92 Å². The van der Waals surface area contributed by atoms with E-state index in [1.54, 1.807) is 6.20 Å². The second kappa shape index (κ2) is 5.89. The highest BCUT2D eigenvalue weighted by Gasteiger charge is 2.12. The van der Waals surface area contributed by atoms with E-state index in [2.05, 4.69) is 36.2 Å². The van der Waals surface area contributed by atoms with Gasteiger partial charge in [0.15, 0.2) is 5.82 Å². The van der Waals surface area contributed by atoms with Gasteiger partial charge in [-0.05, 0) is 19.9 Å². The van der Waals surface area contributed by atoms with Crippen molar-refractivity contribution in [3.63, 3.8) is 0 Å². The minimum atomic E-state index is -0.228. The maximum absolute atomic E-state index is 12.1. The van der Waals surface area contributed by atoms with Gasteiger partial charge in [-0.25, -0.2) is 0 Å². The van der Waals surface area contributed by atoms with E-state index in [-0.39, 0.29) is 12.5 Å². The van der Waals surface area contributed by atoms with Gasteiger partial charge in [0.1, 0.15) is 0 Å². The van der Waals surface area contributed by atoms with Crippen LogP contribution in [0.3, 0.4) is 0 Å². The Hall–Kier alpha value is -2.51. The highest BCUT2D eigenvalue weighted by atomic mass is 16.1. The monoisotopic (exact) mass is 261 g/mol. The van der Waals surface area contributed by atoms with E-state index in [1.807, 2.05) is 19.9 Å². The molecule has 0 aliphatic carbocycles. The molecule has 0 saturated heterocycles. The average Bonchev–Trinajstić information content (AvgIpc) is 2.90. The molecule has 0 atom stereocenters. The molecule has 8 nitrogen and oxygen atoms in total. The van der Waals surface area contributed by atoms with Crippen molar-refractivity contribution >= 4 is 11.6 Å². The summed E-state index contributed by atoms with van der Waals surface area (Å²) in [6.45, 7) is 4.79. The van der Waals surface area contributed by atoms with Crippen LogP contribution < -0.4 is 10.6 Å². The molecule has 2 rings (SSSR count). The Morgan fingerprint density at radius 1 is 1.47 bits per heavy atom. The maximum atomic E-state index is 12.1. The molecule has 1 amide bonds. The van der Waals surface area contributed by atoms with Crippen molar-refractivity contribution in [1.82, 2.24) is 30.9 Å². The van der Waals surface area contributed by atoms with Crippen LogP contribution in [0.1, 0.15) is 28.8 Å². The Bertz CT molecular complexity index is 552. The van der Waals surface area contributed by atoms with Gasteiger partial charge in [-0.1, -0.05) is 5.21 Å². The van der Waals surface area contributed by atoms with Crippen molar-refractivity contribution < 1.29 is 4.79 Å². The van der Waals surface area contributed by atoms with Crippen LogP contribution in [0.25, 0.3) is 0 Å². The molecule has 0 bridgehead atoms. The number of rotatable bonds is 5. The molecule has 100 valence electrons. The minimum absolute atomic E-state index is 0.217. The first-order chi connectivity index (χ1) is 9.20. The lowest BCUT2D eigenvalue weighted by Crippen LogP contribution is -2.25. The molecule has 8 heteroatoms. The molecule has 0 spiro atoms. The number of aromatic nitrogens is 5. The van der Waals surface area contributed by atoms with Gasteiger partial charge in [0.05, 0.1) is 17.8 Å². The summed E-state index contributed by atoms with van der Waals surface area (Å²) >= 11 is 0. The zero-order valence-electron chi connectivity index (χ0n) is 10.8. The third-order valence-corrected chi connectivity index (χ3v) is 2.45. The van der Waals surface area contributed by atoms with Gasteiger partial charge >= 0.3 is 0 Å². The molecule has 3 N–H and O–H groups in total. The number of hydrogen-bond acceptors (Lipinski definition) is 6. The summed E-state index contributed by atoms with van der Waals surface area (Å²) in [6, 6.07) is 1.84. The molecule has 0 aliphatic rings. The van der Waals surface area contributed by atoms with Crippen molar-refractivity contribution in [2.75, 3.05) is 11.9 Å². The normalized spacial score (nSPS) is 10.2. The second-order valence-corrected chi connectivity index (χ2v) is 3.91. The maximum Gasteiger partial charge on any atom is 0.255 e. The number of H-pyrrole nitrogens is 1. The summed E-state index contributed by atoms with van der Waals surface area (Å²) in [7, 11) is 0. The number of nitrogens with zero attached hydrogens (tertiary/aromatic N) is 4. The Kier molecular flexibility index (Phi) is 4.01. The third kappa shape index (κ3) is 3.24. The van der Waals surface area contributed by atoms with Gasteiger partial charge in [0, 0.05) is 18.4 Å². The first-order valence-electron chi connectivity index (χ1n) is 5.91. The molecule has 19 heavy (non-hydrogen) atoms. The third-order valence-electron chi connectivity index (χ3n) is 2.45. The van der Waals surface area contributed by atoms with Crippen molar-refractivity contribution in [2.24, 2.45) is 0 Å². The topological polar surface area (TPSA) is 108 Å². The lowest BCUT2D eigenvalue weighted by atomic mass is 10.2. The van der Waals surface area contributed by atoms with E-state index in [0.717, 1.165) is 17.9 Å². The Balaban J connectivity index is 2.09. The fourth-order valence-electron chi connectivity index (χ4n) is 1.59. The molecule has 0 radical (unpaired) electrons. The largest absolute Gasteiger partial charge is 0.385 e. The molecule has 0 unspecified atom stereocenters. The van der Waals surface area contributed by atoms with E-state index in [4.69, 9.17) is 0 Å². The summed E-state index contributed by atoms with van der Waals surface area (Å²) in [5.74, 6) is 0.201. The van der Waals surface area contributed by atoms with Gasteiger partial charge in [-0.2, -0.15) is 5.21 Å². The van der Waals surface area contributed by atoms with Gasteiger partial charge in [-0.3, -0.25) is 9.78 Å². The zero-order valence-corrected chi connectivity index (χ0v) is 10.8. The molecule has 2 heterocycles. The van der Waals surface area contributed by atoms with Crippen LogP contribution in [-0.4, -0.2) is 38.1 Å². The van der Waals surface area contributed by atoms with Crippen molar-refractivity contribution in [2.45, 2.75) is 20.4 Å². The predicted octanol–water partition coefficient (Wildman–Crippen LogP) is 0.265. The average molecular weight is 261 g/mol. The number of hydrogen-bond donors (Lipinski definition) is 3. The molecular formula is C11H15N7O. The van der Waals surface area contributed by atoms with E-state index >= 15 is 0 Å². The van der Waals surface area contributed by atoms with E-state index in [9.17, 15) is 4.79 Å². The lowest BCUT2D eigenvalue weighted by Gasteiger charge is -2.10. The van der Waals surface area contributed by atoms with Crippen LogP contribution in [0.5, 0.6) is 0 Å². The van der Waals surface area contributed by atoms with Crippen molar-refractivity contribution in [3.8, 4) is 0 Å². The predicted molar refractivity (Wildman–Crippen MR) is 68.5 cm³/mol. The van der Waals surface area contributed by atoms with Gasteiger partial charge in [0.25, 0.3) is 5.91 Å². The number of carbonyl (C=O) groups excluding carboxylic acids is 1. The SMILES string of the molecule is CCNc1cc(C)ncc1C(=O)NCc1nn[nH]n1. The summed E-state index contributed by atoms with van der Waals surface area (Å²) < 4.78 is 0. The Morgan fingerprint density at radius 3 is 3.00 bits per heavy atom. The summed E-state index contributed by atoms with van der Waals surface area (Å²) in [4.78, 5) is 16.2. The summed E-state index contributed by atoms with van der Waals surface area (Å²) in [5.41, 5.74) is 2.11.